The highest BCUT2D eigenvalue weighted by molar-refractivity contribution is 5.31. The maximum absolute atomic E-state index is 6.31. The van der Waals surface area contributed by atoms with E-state index in [0.29, 0.717) is 11.8 Å². The van der Waals surface area contributed by atoms with Crippen LogP contribution >= 0.6 is 0 Å². The van der Waals surface area contributed by atoms with E-state index in [4.69, 9.17) is 9.72 Å². The minimum absolute atomic E-state index is 0.556. The van der Waals surface area contributed by atoms with Crippen LogP contribution in [0.25, 0.3) is 0 Å². The topological polar surface area (TPSA) is 22.1 Å². The van der Waals surface area contributed by atoms with Gasteiger partial charge in [-0.05, 0) is 49.1 Å². The largest absolute Gasteiger partial charge is 0.492 e. The molecule has 0 aliphatic heterocycles. The lowest BCUT2D eigenvalue weighted by Crippen LogP contribution is -2.27. The van der Waals surface area contributed by atoms with E-state index in [-0.39, 0.29) is 0 Å². The van der Waals surface area contributed by atoms with Gasteiger partial charge < -0.3 is 4.74 Å². The van der Waals surface area contributed by atoms with Crippen molar-refractivity contribution in [2.24, 2.45) is 17.8 Å². The van der Waals surface area contributed by atoms with Crippen molar-refractivity contribution in [3.8, 4) is 5.75 Å². The highest BCUT2D eigenvalue weighted by Crippen LogP contribution is 2.45. The van der Waals surface area contributed by atoms with Crippen LogP contribution in [0.5, 0.6) is 5.75 Å². The van der Waals surface area contributed by atoms with Crippen LogP contribution in [-0.4, -0.2) is 11.6 Å². The number of hydrogen-bond donors (Lipinski definition) is 0. The number of unbranched alkanes of at least 4 members (excludes halogenated alkanes) is 15. The van der Waals surface area contributed by atoms with Gasteiger partial charge in [-0.2, -0.15) is 0 Å². The van der Waals surface area contributed by atoms with Crippen molar-refractivity contribution in [2.45, 2.75) is 156 Å². The van der Waals surface area contributed by atoms with E-state index in [1.165, 1.54) is 128 Å². The third-order valence-corrected chi connectivity index (χ3v) is 8.43. The summed E-state index contributed by atoms with van der Waals surface area (Å²) in [7, 11) is 0. The number of rotatable bonds is 20. The molecule has 0 amide bonds. The summed E-state index contributed by atoms with van der Waals surface area (Å²) >= 11 is 0. The summed E-state index contributed by atoms with van der Waals surface area (Å²) < 4.78 is 6.31. The first-order valence-electron chi connectivity index (χ1n) is 15.7. The summed E-state index contributed by atoms with van der Waals surface area (Å²) in [5, 5.41) is 0. The lowest BCUT2D eigenvalue weighted by molar-refractivity contribution is 0.188. The molecule has 3 atom stereocenters. The van der Waals surface area contributed by atoms with E-state index in [2.05, 4.69) is 33.8 Å². The van der Waals surface area contributed by atoms with Crippen LogP contribution in [0.15, 0.2) is 18.3 Å². The Morgan fingerprint density at radius 3 is 1.89 bits per heavy atom. The molecule has 1 fully saturated rings. The molecule has 0 N–H and O–H groups in total. The maximum atomic E-state index is 6.31. The molecule has 0 aromatic carbocycles. The molecule has 1 aromatic rings. The van der Waals surface area contributed by atoms with Crippen LogP contribution in [-0.2, 0) is 0 Å². The molecule has 1 aliphatic carbocycles. The average molecular weight is 486 g/mol. The second-order valence-electron chi connectivity index (χ2n) is 12.0. The van der Waals surface area contributed by atoms with Crippen LogP contribution < -0.4 is 4.74 Å². The first-order chi connectivity index (χ1) is 17.1. The molecule has 35 heavy (non-hydrogen) atoms. The number of pyridine rings is 1. The molecule has 0 bridgehead atoms. The predicted molar refractivity (Wildman–Crippen MR) is 153 cm³/mol. The Balaban J connectivity index is 1.51. The van der Waals surface area contributed by atoms with Crippen molar-refractivity contribution >= 4 is 0 Å². The highest BCUT2D eigenvalue weighted by Gasteiger charge is 2.34. The lowest BCUT2D eigenvalue weighted by Gasteiger charge is -2.37. The third kappa shape index (κ3) is 12.7. The zero-order valence-corrected chi connectivity index (χ0v) is 24.0. The molecule has 202 valence electrons. The van der Waals surface area contributed by atoms with Crippen LogP contribution in [0.1, 0.15) is 161 Å². The molecule has 0 unspecified atom stereocenters. The quantitative estimate of drug-likeness (QED) is 0.171. The zero-order chi connectivity index (χ0) is 25.1. The molecule has 0 radical (unpaired) electrons. The van der Waals surface area contributed by atoms with Crippen LogP contribution in [0, 0.1) is 17.8 Å². The highest BCUT2D eigenvalue weighted by atomic mass is 16.5. The van der Waals surface area contributed by atoms with Gasteiger partial charge in [-0.3, -0.25) is 4.98 Å². The van der Waals surface area contributed by atoms with E-state index in [0.717, 1.165) is 24.2 Å². The fourth-order valence-electron chi connectivity index (χ4n) is 6.15. The van der Waals surface area contributed by atoms with E-state index in [1.54, 1.807) is 0 Å². The monoisotopic (exact) mass is 485 g/mol. The minimum Gasteiger partial charge on any atom is -0.492 e. The van der Waals surface area contributed by atoms with Crippen molar-refractivity contribution in [2.75, 3.05) is 6.61 Å². The Kier molecular flexibility index (Phi) is 16.5. The molecule has 1 aromatic heterocycles. The Morgan fingerprint density at radius 2 is 1.34 bits per heavy atom. The number of ether oxygens (including phenoxy) is 1. The molecular weight excluding hydrogens is 426 g/mol. The van der Waals surface area contributed by atoms with Crippen LogP contribution in [0.4, 0.5) is 0 Å². The van der Waals surface area contributed by atoms with Crippen LogP contribution in [0.3, 0.4) is 0 Å². The van der Waals surface area contributed by atoms with Crippen molar-refractivity contribution in [3.05, 3.63) is 24.0 Å². The molecule has 0 saturated heterocycles. The van der Waals surface area contributed by atoms with Gasteiger partial charge >= 0.3 is 0 Å². The standard InChI is InChI=1S/C33H59NO/c1-5-6-7-8-9-10-11-12-13-14-15-16-17-18-19-20-26-35-32-22-21-25-34-33(32)31-27-29(4)23-24-30(31)28(2)3/h21-22,25,28-31H,5-20,23-24,26-27H2,1-4H3/t29-,30+,31+/m0/s1. The first kappa shape index (κ1) is 30.2. The van der Waals surface area contributed by atoms with Crippen molar-refractivity contribution in [3.63, 3.8) is 0 Å². The van der Waals surface area contributed by atoms with Gasteiger partial charge in [-0.15, -0.1) is 0 Å². The molecule has 2 nitrogen and oxygen atoms in total. The Bertz CT molecular complexity index is 627. The third-order valence-electron chi connectivity index (χ3n) is 8.43. The number of hydrogen-bond acceptors (Lipinski definition) is 2. The summed E-state index contributed by atoms with van der Waals surface area (Å²) in [5.41, 5.74) is 1.23. The summed E-state index contributed by atoms with van der Waals surface area (Å²) in [6.45, 7) is 10.3. The fourth-order valence-corrected chi connectivity index (χ4v) is 6.15. The Morgan fingerprint density at radius 1 is 0.800 bits per heavy atom. The second-order valence-corrected chi connectivity index (χ2v) is 12.0. The molecule has 2 heteroatoms. The minimum atomic E-state index is 0.556. The summed E-state index contributed by atoms with van der Waals surface area (Å²) in [4.78, 5) is 4.84. The van der Waals surface area contributed by atoms with E-state index in [1.807, 2.05) is 12.3 Å². The smallest absolute Gasteiger partial charge is 0.141 e. The molecule has 1 heterocycles. The first-order valence-corrected chi connectivity index (χ1v) is 15.7. The van der Waals surface area contributed by atoms with Gasteiger partial charge in [0.05, 0.1) is 12.3 Å². The van der Waals surface area contributed by atoms with Crippen molar-refractivity contribution in [1.29, 1.82) is 0 Å². The fraction of sp³-hybridized carbons (Fsp3) is 0.848. The summed E-state index contributed by atoms with van der Waals surface area (Å²) in [6.07, 6.45) is 28.4. The Hall–Kier alpha value is -1.05. The molecule has 1 aliphatic rings. The Labute approximate surface area is 219 Å². The molecule has 1 saturated carbocycles. The molecule has 2 rings (SSSR count). The molecule has 0 spiro atoms. The van der Waals surface area contributed by atoms with Gasteiger partial charge in [0, 0.05) is 12.1 Å². The van der Waals surface area contributed by atoms with Gasteiger partial charge in [0.25, 0.3) is 0 Å². The lowest BCUT2D eigenvalue weighted by atomic mass is 9.68. The zero-order valence-electron chi connectivity index (χ0n) is 24.0. The van der Waals surface area contributed by atoms with Gasteiger partial charge in [0.2, 0.25) is 0 Å². The summed E-state index contributed by atoms with van der Waals surface area (Å²) in [6, 6.07) is 4.20. The van der Waals surface area contributed by atoms with Crippen molar-refractivity contribution < 1.29 is 4.74 Å². The average Bonchev–Trinajstić information content (AvgIpc) is 2.86. The van der Waals surface area contributed by atoms with Gasteiger partial charge in [0.15, 0.2) is 0 Å². The SMILES string of the molecule is CCCCCCCCCCCCCCCCCCOc1cccnc1[C@@H]1C[C@@H](C)CC[C@@H]1C(C)C. The van der Waals surface area contributed by atoms with Crippen LogP contribution in [0.2, 0.25) is 0 Å². The van der Waals surface area contributed by atoms with Gasteiger partial charge in [-0.1, -0.05) is 130 Å². The second kappa shape index (κ2) is 19.1. The summed E-state index contributed by atoms with van der Waals surface area (Å²) in [5.74, 6) is 3.85. The van der Waals surface area contributed by atoms with Gasteiger partial charge in [0.1, 0.15) is 5.75 Å². The number of aromatic nitrogens is 1. The maximum Gasteiger partial charge on any atom is 0.141 e. The van der Waals surface area contributed by atoms with Gasteiger partial charge in [-0.25, -0.2) is 0 Å². The molecular formula is C33H59NO. The number of nitrogens with zero attached hydrogens (tertiary/aromatic N) is 1. The predicted octanol–water partition coefficient (Wildman–Crippen LogP) is 10.9. The van der Waals surface area contributed by atoms with E-state index in [9.17, 15) is 0 Å². The normalized spacial score (nSPS) is 20.4. The van der Waals surface area contributed by atoms with E-state index < -0.39 is 0 Å². The van der Waals surface area contributed by atoms with E-state index >= 15 is 0 Å². The van der Waals surface area contributed by atoms with Crippen molar-refractivity contribution in [1.82, 2.24) is 4.98 Å².